The van der Waals surface area contributed by atoms with E-state index >= 15 is 0 Å². The maximum absolute atomic E-state index is 13.0. The molecule has 0 bridgehead atoms. The first-order chi connectivity index (χ1) is 13.8. The molecule has 1 saturated heterocycles. The molecule has 0 radical (unpaired) electrons. The van der Waals surface area contributed by atoms with Crippen LogP contribution in [0.15, 0.2) is 17.1 Å². The Labute approximate surface area is 168 Å². The van der Waals surface area contributed by atoms with Gasteiger partial charge in [0.25, 0.3) is 5.56 Å². The standard InChI is InChI=1S/C20H26N6O3/c1-11(2)8-16(26-7-5-15-17(20(26)29)24-12(3)23-15)19(28)25-14(10-21)9-13-4-6-22-18(13)27/h5,7,11,13-14,16H,4,6,8-9H2,1-3H3,(H,22,27)(H,23,24)(H,25,28)/t13-,14-,16-/m0/s1. The highest BCUT2D eigenvalue weighted by Gasteiger charge is 2.30. The highest BCUT2D eigenvalue weighted by molar-refractivity contribution is 5.83. The number of nitriles is 1. The molecule has 2 aromatic heterocycles. The molecule has 1 aliphatic rings. The van der Waals surface area contributed by atoms with E-state index in [9.17, 15) is 19.6 Å². The van der Waals surface area contributed by atoms with Gasteiger partial charge in [0.05, 0.1) is 11.6 Å². The molecular weight excluding hydrogens is 372 g/mol. The van der Waals surface area contributed by atoms with Crippen LogP contribution in [0.2, 0.25) is 0 Å². The Hall–Kier alpha value is -3.15. The molecule has 9 nitrogen and oxygen atoms in total. The molecular formula is C20H26N6O3. The van der Waals surface area contributed by atoms with E-state index in [1.807, 2.05) is 13.8 Å². The number of carbonyl (C=O) groups excluding carboxylic acids is 2. The van der Waals surface area contributed by atoms with E-state index in [0.717, 1.165) is 0 Å². The lowest BCUT2D eigenvalue weighted by Gasteiger charge is -2.23. The van der Waals surface area contributed by atoms with Crippen molar-refractivity contribution in [3.05, 3.63) is 28.4 Å². The molecule has 0 unspecified atom stereocenters. The van der Waals surface area contributed by atoms with Crippen LogP contribution in [0.5, 0.6) is 0 Å². The zero-order valence-electron chi connectivity index (χ0n) is 16.9. The van der Waals surface area contributed by atoms with Crippen molar-refractivity contribution in [2.75, 3.05) is 6.54 Å². The molecule has 154 valence electrons. The predicted octanol–water partition coefficient (Wildman–Crippen LogP) is 1.15. The summed E-state index contributed by atoms with van der Waals surface area (Å²) in [5.74, 6) is 0.00323. The second kappa shape index (κ2) is 8.47. The van der Waals surface area contributed by atoms with E-state index in [2.05, 4.69) is 26.7 Å². The number of hydrogen-bond acceptors (Lipinski definition) is 5. The zero-order chi connectivity index (χ0) is 21.1. The average Bonchev–Trinajstić information content (AvgIpc) is 3.25. The summed E-state index contributed by atoms with van der Waals surface area (Å²) in [6.45, 7) is 6.28. The lowest BCUT2D eigenvalue weighted by molar-refractivity contribution is -0.126. The van der Waals surface area contributed by atoms with Gasteiger partial charge in [-0.1, -0.05) is 13.8 Å². The van der Waals surface area contributed by atoms with Gasteiger partial charge in [-0.05, 0) is 38.2 Å². The molecule has 2 aromatic rings. The quantitative estimate of drug-likeness (QED) is 0.644. The number of amides is 2. The van der Waals surface area contributed by atoms with Crippen molar-refractivity contribution in [3.8, 4) is 6.07 Å². The lowest BCUT2D eigenvalue weighted by atomic mass is 9.98. The van der Waals surface area contributed by atoms with Gasteiger partial charge in [-0.3, -0.25) is 14.4 Å². The molecule has 0 spiro atoms. The number of rotatable bonds is 7. The van der Waals surface area contributed by atoms with Crippen molar-refractivity contribution in [1.82, 2.24) is 25.2 Å². The fourth-order valence-corrected chi connectivity index (χ4v) is 3.75. The fourth-order valence-electron chi connectivity index (χ4n) is 3.75. The maximum atomic E-state index is 13.0. The molecule has 2 amide bonds. The van der Waals surface area contributed by atoms with Crippen molar-refractivity contribution in [2.45, 2.75) is 52.1 Å². The summed E-state index contributed by atoms with van der Waals surface area (Å²) in [5.41, 5.74) is 0.577. The molecule has 1 aliphatic heterocycles. The van der Waals surface area contributed by atoms with Crippen LogP contribution in [0, 0.1) is 30.1 Å². The SMILES string of the molecule is Cc1nc2ccn([C@@H](CC(C)C)C(=O)N[C@H](C#N)C[C@@H]3CCNC3=O)c(=O)c2[nH]1. The number of carbonyl (C=O) groups is 2. The van der Waals surface area contributed by atoms with Crippen LogP contribution in [0.4, 0.5) is 0 Å². The Kier molecular flexibility index (Phi) is 6.01. The summed E-state index contributed by atoms with van der Waals surface area (Å²) >= 11 is 0. The number of pyridine rings is 1. The highest BCUT2D eigenvalue weighted by Crippen LogP contribution is 2.20. The van der Waals surface area contributed by atoms with Crippen molar-refractivity contribution >= 4 is 22.8 Å². The second-order valence-electron chi connectivity index (χ2n) is 7.96. The Morgan fingerprint density at radius 2 is 2.21 bits per heavy atom. The number of imidazole rings is 1. The van der Waals surface area contributed by atoms with E-state index in [0.29, 0.717) is 36.2 Å². The van der Waals surface area contributed by atoms with E-state index in [1.165, 1.54) is 4.57 Å². The van der Waals surface area contributed by atoms with Gasteiger partial charge in [0.1, 0.15) is 23.4 Å². The van der Waals surface area contributed by atoms with E-state index in [4.69, 9.17) is 0 Å². The smallest absolute Gasteiger partial charge is 0.277 e. The van der Waals surface area contributed by atoms with Crippen LogP contribution < -0.4 is 16.2 Å². The van der Waals surface area contributed by atoms with Crippen molar-refractivity contribution in [3.63, 3.8) is 0 Å². The average molecular weight is 398 g/mol. The van der Waals surface area contributed by atoms with Crippen molar-refractivity contribution in [2.24, 2.45) is 11.8 Å². The predicted molar refractivity (Wildman–Crippen MR) is 107 cm³/mol. The largest absolute Gasteiger partial charge is 0.356 e. The molecule has 29 heavy (non-hydrogen) atoms. The van der Waals surface area contributed by atoms with Gasteiger partial charge in [0, 0.05) is 18.7 Å². The summed E-state index contributed by atoms with van der Waals surface area (Å²) in [5, 5.41) is 14.9. The van der Waals surface area contributed by atoms with Gasteiger partial charge in [-0.25, -0.2) is 4.98 Å². The van der Waals surface area contributed by atoms with Crippen LogP contribution in [0.3, 0.4) is 0 Å². The van der Waals surface area contributed by atoms with Crippen LogP contribution in [0.1, 0.15) is 45.0 Å². The Morgan fingerprint density at radius 1 is 1.45 bits per heavy atom. The van der Waals surface area contributed by atoms with Gasteiger partial charge >= 0.3 is 0 Å². The molecule has 1 fully saturated rings. The zero-order valence-corrected chi connectivity index (χ0v) is 16.9. The molecule has 0 aromatic carbocycles. The number of aryl methyl sites for hydroxylation is 1. The molecule has 0 saturated carbocycles. The minimum atomic E-state index is -0.792. The third kappa shape index (κ3) is 4.47. The van der Waals surface area contributed by atoms with Gasteiger partial charge in [0.2, 0.25) is 11.8 Å². The summed E-state index contributed by atoms with van der Waals surface area (Å²) in [4.78, 5) is 45.0. The van der Waals surface area contributed by atoms with E-state index in [-0.39, 0.29) is 29.7 Å². The lowest BCUT2D eigenvalue weighted by Crippen LogP contribution is -2.43. The first kappa shape index (κ1) is 20.6. The fraction of sp³-hybridized carbons (Fsp3) is 0.550. The minimum Gasteiger partial charge on any atom is -0.356 e. The molecule has 0 aliphatic carbocycles. The molecule has 3 N–H and O–H groups in total. The summed E-state index contributed by atoms with van der Waals surface area (Å²) in [6.07, 6.45) is 2.92. The number of fused-ring (bicyclic) bond motifs is 1. The molecule has 9 heteroatoms. The van der Waals surface area contributed by atoms with Crippen molar-refractivity contribution in [1.29, 1.82) is 5.26 Å². The summed E-state index contributed by atoms with van der Waals surface area (Å²) < 4.78 is 1.39. The van der Waals surface area contributed by atoms with Gasteiger partial charge < -0.3 is 20.2 Å². The number of aromatic amines is 1. The van der Waals surface area contributed by atoms with E-state index < -0.39 is 18.0 Å². The second-order valence-corrected chi connectivity index (χ2v) is 7.96. The van der Waals surface area contributed by atoms with Crippen LogP contribution in [-0.2, 0) is 9.59 Å². The number of nitrogens with one attached hydrogen (secondary N) is 3. The normalized spacial score (nSPS) is 18.4. The molecule has 3 heterocycles. The Balaban J connectivity index is 1.85. The first-order valence-corrected chi connectivity index (χ1v) is 9.85. The topological polar surface area (TPSA) is 133 Å². The number of H-pyrrole nitrogens is 1. The van der Waals surface area contributed by atoms with Crippen LogP contribution in [0.25, 0.3) is 11.0 Å². The Bertz CT molecular complexity index is 1020. The number of nitrogens with zero attached hydrogens (tertiary/aromatic N) is 3. The van der Waals surface area contributed by atoms with Gasteiger partial charge in [-0.15, -0.1) is 0 Å². The Morgan fingerprint density at radius 3 is 2.83 bits per heavy atom. The maximum Gasteiger partial charge on any atom is 0.277 e. The third-order valence-corrected chi connectivity index (χ3v) is 5.18. The van der Waals surface area contributed by atoms with Gasteiger partial charge in [-0.2, -0.15) is 5.26 Å². The third-order valence-electron chi connectivity index (χ3n) is 5.18. The van der Waals surface area contributed by atoms with Crippen LogP contribution in [-0.4, -0.2) is 38.9 Å². The van der Waals surface area contributed by atoms with Crippen molar-refractivity contribution < 1.29 is 9.59 Å². The summed E-state index contributed by atoms with van der Waals surface area (Å²) in [6, 6.07) is 2.22. The number of aromatic nitrogens is 3. The molecule has 3 atom stereocenters. The molecule has 3 rings (SSSR count). The first-order valence-electron chi connectivity index (χ1n) is 9.85. The minimum absolute atomic E-state index is 0.0884. The summed E-state index contributed by atoms with van der Waals surface area (Å²) in [7, 11) is 0. The monoisotopic (exact) mass is 398 g/mol. The van der Waals surface area contributed by atoms with E-state index in [1.54, 1.807) is 19.2 Å². The number of hydrogen-bond donors (Lipinski definition) is 3. The van der Waals surface area contributed by atoms with Crippen LogP contribution >= 0.6 is 0 Å². The van der Waals surface area contributed by atoms with Gasteiger partial charge in [0.15, 0.2) is 0 Å². The highest BCUT2D eigenvalue weighted by atomic mass is 16.2.